The van der Waals surface area contributed by atoms with Crippen LogP contribution in [0, 0.1) is 13.8 Å². The van der Waals surface area contributed by atoms with E-state index in [1.807, 2.05) is 43.3 Å². The van der Waals surface area contributed by atoms with Gasteiger partial charge in [-0.1, -0.05) is 42.5 Å². The first-order valence-corrected chi connectivity index (χ1v) is 6.18. The summed E-state index contributed by atoms with van der Waals surface area (Å²) in [6.07, 6.45) is 0. The van der Waals surface area contributed by atoms with Crippen molar-refractivity contribution in [1.82, 2.24) is 0 Å². The van der Waals surface area contributed by atoms with E-state index in [0.29, 0.717) is 6.61 Å². The first-order chi connectivity index (χ1) is 8.68. The van der Waals surface area contributed by atoms with Gasteiger partial charge in [-0.05, 0) is 36.6 Å². The van der Waals surface area contributed by atoms with Crippen molar-refractivity contribution >= 4 is 0 Å². The lowest BCUT2D eigenvalue weighted by Gasteiger charge is -2.16. The third kappa shape index (κ3) is 2.90. The van der Waals surface area contributed by atoms with Crippen molar-refractivity contribution in [3.63, 3.8) is 0 Å². The average Bonchev–Trinajstić information content (AvgIpc) is 2.38. The smallest absolute Gasteiger partial charge is 0.122 e. The summed E-state index contributed by atoms with van der Waals surface area (Å²) in [6.45, 7) is 4.60. The molecule has 0 aromatic heterocycles. The minimum absolute atomic E-state index is 0.0918. The third-order valence-corrected chi connectivity index (χ3v) is 3.10. The molecule has 2 rings (SSSR count). The van der Waals surface area contributed by atoms with Gasteiger partial charge < -0.3 is 10.5 Å². The molecule has 0 fully saturated rings. The summed E-state index contributed by atoms with van der Waals surface area (Å²) in [7, 11) is 0. The number of benzene rings is 2. The minimum Gasteiger partial charge on any atom is -0.491 e. The van der Waals surface area contributed by atoms with Crippen LogP contribution < -0.4 is 10.5 Å². The first kappa shape index (κ1) is 12.7. The van der Waals surface area contributed by atoms with Gasteiger partial charge in [-0.25, -0.2) is 0 Å². The van der Waals surface area contributed by atoms with Crippen molar-refractivity contribution < 1.29 is 4.74 Å². The van der Waals surface area contributed by atoms with Crippen molar-refractivity contribution in [2.45, 2.75) is 19.9 Å². The van der Waals surface area contributed by atoms with Crippen LogP contribution in [-0.2, 0) is 0 Å². The highest BCUT2D eigenvalue weighted by molar-refractivity contribution is 5.32. The van der Waals surface area contributed by atoms with Gasteiger partial charge in [-0.15, -0.1) is 0 Å². The van der Waals surface area contributed by atoms with Gasteiger partial charge in [-0.2, -0.15) is 0 Å². The van der Waals surface area contributed by atoms with Gasteiger partial charge in [0.1, 0.15) is 12.4 Å². The summed E-state index contributed by atoms with van der Waals surface area (Å²) in [6, 6.07) is 16.1. The highest BCUT2D eigenvalue weighted by atomic mass is 16.5. The van der Waals surface area contributed by atoms with Crippen LogP contribution in [0.1, 0.15) is 22.7 Å². The van der Waals surface area contributed by atoms with Gasteiger partial charge in [0.05, 0.1) is 6.04 Å². The van der Waals surface area contributed by atoms with E-state index in [0.717, 1.165) is 16.9 Å². The third-order valence-electron chi connectivity index (χ3n) is 3.10. The molecule has 0 amide bonds. The minimum atomic E-state index is -0.0918. The molecule has 0 aliphatic carbocycles. The standard InChI is InChI=1S/C16H19NO/c1-12-7-3-5-9-14(12)15(17)11-18-16-10-6-4-8-13(16)2/h3-10,15H,11,17H2,1-2H3. The maximum atomic E-state index is 6.17. The molecule has 2 heteroatoms. The lowest BCUT2D eigenvalue weighted by atomic mass is 10.0. The predicted octanol–water partition coefficient (Wildman–Crippen LogP) is 3.38. The van der Waals surface area contributed by atoms with Crippen LogP contribution in [0.5, 0.6) is 5.75 Å². The lowest BCUT2D eigenvalue weighted by molar-refractivity contribution is 0.288. The molecule has 0 aliphatic rings. The van der Waals surface area contributed by atoms with Crippen molar-refractivity contribution in [3.8, 4) is 5.75 Å². The maximum absolute atomic E-state index is 6.17. The molecule has 0 saturated heterocycles. The van der Waals surface area contributed by atoms with E-state index < -0.39 is 0 Å². The Morgan fingerprint density at radius 2 is 1.56 bits per heavy atom. The number of hydrogen-bond donors (Lipinski definition) is 1. The monoisotopic (exact) mass is 241 g/mol. The topological polar surface area (TPSA) is 35.2 Å². The Morgan fingerprint density at radius 1 is 0.944 bits per heavy atom. The number of rotatable bonds is 4. The fourth-order valence-electron chi connectivity index (χ4n) is 1.99. The number of hydrogen-bond acceptors (Lipinski definition) is 2. The van der Waals surface area contributed by atoms with Crippen LogP contribution in [0.15, 0.2) is 48.5 Å². The highest BCUT2D eigenvalue weighted by Gasteiger charge is 2.09. The maximum Gasteiger partial charge on any atom is 0.122 e. The molecule has 94 valence electrons. The molecule has 2 aromatic rings. The van der Waals surface area contributed by atoms with E-state index in [9.17, 15) is 0 Å². The number of ether oxygens (including phenoxy) is 1. The molecule has 0 radical (unpaired) electrons. The summed E-state index contributed by atoms with van der Waals surface area (Å²) in [5.74, 6) is 0.904. The number of nitrogens with two attached hydrogens (primary N) is 1. The Hall–Kier alpha value is -1.80. The Balaban J connectivity index is 2.03. The van der Waals surface area contributed by atoms with E-state index in [-0.39, 0.29) is 6.04 Å². The Bertz CT molecular complexity index is 522. The molecule has 1 unspecified atom stereocenters. The second kappa shape index (κ2) is 5.69. The Kier molecular flexibility index (Phi) is 4.00. The summed E-state index contributed by atoms with van der Waals surface area (Å²) >= 11 is 0. The molecule has 2 N–H and O–H groups in total. The molecule has 0 spiro atoms. The van der Waals surface area contributed by atoms with Gasteiger partial charge >= 0.3 is 0 Å². The van der Waals surface area contributed by atoms with Crippen LogP contribution >= 0.6 is 0 Å². The molecule has 0 saturated carbocycles. The molecule has 0 aliphatic heterocycles. The van der Waals surface area contributed by atoms with Gasteiger partial charge in [0, 0.05) is 0 Å². The fraction of sp³-hybridized carbons (Fsp3) is 0.250. The summed E-state index contributed by atoms with van der Waals surface area (Å²) < 4.78 is 5.78. The summed E-state index contributed by atoms with van der Waals surface area (Å²) in [5.41, 5.74) is 9.65. The summed E-state index contributed by atoms with van der Waals surface area (Å²) in [4.78, 5) is 0. The van der Waals surface area contributed by atoms with E-state index in [1.54, 1.807) is 0 Å². The van der Waals surface area contributed by atoms with Crippen LogP contribution in [0.2, 0.25) is 0 Å². The first-order valence-electron chi connectivity index (χ1n) is 6.18. The zero-order valence-corrected chi connectivity index (χ0v) is 10.9. The SMILES string of the molecule is Cc1ccccc1OCC(N)c1ccccc1C. The van der Waals surface area contributed by atoms with E-state index in [2.05, 4.69) is 19.1 Å². The van der Waals surface area contributed by atoms with Crippen molar-refractivity contribution in [3.05, 3.63) is 65.2 Å². The average molecular weight is 241 g/mol. The molecule has 0 bridgehead atoms. The second-order valence-electron chi connectivity index (χ2n) is 4.54. The van der Waals surface area contributed by atoms with E-state index in [4.69, 9.17) is 10.5 Å². The van der Waals surface area contributed by atoms with Crippen LogP contribution in [0.4, 0.5) is 0 Å². The molecule has 1 atom stereocenters. The van der Waals surface area contributed by atoms with Gasteiger partial charge in [0.2, 0.25) is 0 Å². The largest absolute Gasteiger partial charge is 0.491 e. The summed E-state index contributed by atoms with van der Waals surface area (Å²) in [5, 5.41) is 0. The van der Waals surface area contributed by atoms with Crippen LogP contribution in [0.25, 0.3) is 0 Å². The molecular formula is C16H19NO. The second-order valence-corrected chi connectivity index (χ2v) is 4.54. The quantitative estimate of drug-likeness (QED) is 0.890. The van der Waals surface area contributed by atoms with Crippen molar-refractivity contribution in [2.24, 2.45) is 5.73 Å². The highest BCUT2D eigenvalue weighted by Crippen LogP contribution is 2.20. The van der Waals surface area contributed by atoms with Gasteiger partial charge in [0.25, 0.3) is 0 Å². The lowest BCUT2D eigenvalue weighted by Crippen LogP contribution is -2.20. The molecule has 18 heavy (non-hydrogen) atoms. The van der Waals surface area contributed by atoms with Crippen LogP contribution in [-0.4, -0.2) is 6.61 Å². The zero-order chi connectivity index (χ0) is 13.0. The van der Waals surface area contributed by atoms with E-state index in [1.165, 1.54) is 5.56 Å². The molecule has 0 heterocycles. The molecule has 2 aromatic carbocycles. The Labute approximate surface area is 108 Å². The fourth-order valence-corrected chi connectivity index (χ4v) is 1.99. The Morgan fingerprint density at radius 3 is 2.22 bits per heavy atom. The normalized spacial score (nSPS) is 12.2. The van der Waals surface area contributed by atoms with Crippen LogP contribution in [0.3, 0.4) is 0 Å². The molecular weight excluding hydrogens is 222 g/mol. The predicted molar refractivity (Wildman–Crippen MR) is 74.8 cm³/mol. The van der Waals surface area contributed by atoms with Gasteiger partial charge in [-0.3, -0.25) is 0 Å². The number of aryl methyl sites for hydroxylation is 2. The van der Waals surface area contributed by atoms with Crippen molar-refractivity contribution in [1.29, 1.82) is 0 Å². The van der Waals surface area contributed by atoms with E-state index >= 15 is 0 Å². The van der Waals surface area contributed by atoms with Crippen molar-refractivity contribution in [2.75, 3.05) is 6.61 Å². The zero-order valence-electron chi connectivity index (χ0n) is 10.9. The number of para-hydroxylation sites is 1. The molecule has 2 nitrogen and oxygen atoms in total. The van der Waals surface area contributed by atoms with Gasteiger partial charge in [0.15, 0.2) is 0 Å².